The van der Waals surface area contributed by atoms with Crippen LogP contribution in [0.25, 0.3) is 0 Å². The molecule has 5 nitrogen and oxygen atoms in total. The maximum atomic E-state index is 14.1. The summed E-state index contributed by atoms with van der Waals surface area (Å²) in [6.45, 7) is 8.98. The minimum atomic E-state index is -1.05. The number of carbonyl (C=O) groups is 2. The Labute approximate surface area is 165 Å². The van der Waals surface area contributed by atoms with E-state index in [1.54, 1.807) is 71.0 Å². The summed E-state index contributed by atoms with van der Waals surface area (Å²) in [4.78, 5) is 24.5. The molecular weight excluding hydrogens is 359 g/mol. The highest BCUT2D eigenvalue weighted by atomic mass is 19.1. The van der Waals surface area contributed by atoms with Crippen LogP contribution in [0.15, 0.2) is 48.5 Å². The van der Waals surface area contributed by atoms with Crippen molar-refractivity contribution < 1.29 is 18.7 Å². The number of alkyl carbamates (subject to hydrolysis) is 1. The third kappa shape index (κ3) is 5.81. The third-order valence-corrected chi connectivity index (χ3v) is 4.14. The Bertz CT molecular complexity index is 857. The van der Waals surface area contributed by atoms with E-state index >= 15 is 0 Å². The second-order valence-electron chi connectivity index (χ2n) is 8.11. The minimum Gasteiger partial charge on any atom is -0.444 e. The van der Waals surface area contributed by atoms with E-state index in [0.717, 1.165) is 5.56 Å². The van der Waals surface area contributed by atoms with Crippen LogP contribution in [0.1, 0.15) is 45.7 Å². The molecule has 0 aliphatic carbocycles. The number of rotatable bonds is 5. The van der Waals surface area contributed by atoms with Crippen molar-refractivity contribution in [2.75, 3.05) is 5.32 Å². The molecule has 0 aliphatic heterocycles. The number of anilines is 1. The minimum absolute atomic E-state index is 0.259. The molecule has 150 valence electrons. The van der Waals surface area contributed by atoms with Gasteiger partial charge >= 0.3 is 6.09 Å². The van der Waals surface area contributed by atoms with Gasteiger partial charge in [-0.05, 0) is 58.4 Å². The largest absolute Gasteiger partial charge is 0.444 e. The number of benzene rings is 2. The average molecular weight is 386 g/mol. The quantitative estimate of drug-likeness (QED) is 0.778. The monoisotopic (exact) mass is 386 g/mol. The van der Waals surface area contributed by atoms with Crippen molar-refractivity contribution in [1.82, 2.24) is 5.32 Å². The number of hydrogen-bond acceptors (Lipinski definition) is 3. The van der Waals surface area contributed by atoms with Crippen molar-refractivity contribution in [3.63, 3.8) is 0 Å². The third-order valence-electron chi connectivity index (χ3n) is 4.14. The van der Waals surface area contributed by atoms with Gasteiger partial charge in [0.2, 0.25) is 5.91 Å². The summed E-state index contributed by atoms with van der Waals surface area (Å²) in [6.07, 6.45) is -0.511. The fourth-order valence-electron chi connectivity index (χ4n) is 2.63. The molecule has 0 atom stereocenters. The summed E-state index contributed by atoms with van der Waals surface area (Å²) in [5.41, 5.74) is 0.0782. The lowest BCUT2D eigenvalue weighted by Gasteiger charge is -2.24. The summed E-state index contributed by atoms with van der Waals surface area (Å²) in [5.74, 6) is -0.743. The van der Waals surface area contributed by atoms with Crippen LogP contribution in [0.2, 0.25) is 0 Å². The van der Waals surface area contributed by atoms with E-state index in [1.807, 2.05) is 6.07 Å². The van der Waals surface area contributed by atoms with Crippen molar-refractivity contribution in [3.05, 3.63) is 65.5 Å². The Morgan fingerprint density at radius 3 is 2.32 bits per heavy atom. The Hall–Kier alpha value is -2.89. The second-order valence-corrected chi connectivity index (χ2v) is 8.11. The van der Waals surface area contributed by atoms with Gasteiger partial charge in [-0.15, -0.1) is 0 Å². The number of nitrogens with one attached hydrogen (secondary N) is 2. The molecule has 6 heteroatoms. The number of amides is 2. The fourth-order valence-corrected chi connectivity index (χ4v) is 2.63. The molecule has 0 aliphatic rings. The lowest BCUT2D eigenvalue weighted by molar-refractivity contribution is -0.120. The normalized spacial score (nSPS) is 11.6. The highest BCUT2D eigenvalue weighted by Gasteiger charge is 2.32. The molecule has 0 aromatic heterocycles. The Morgan fingerprint density at radius 2 is 1.68 bits per heavy atom. The first-order valence-corrected chi connectivity index (χ1v) is 9.11. The Balaban J connectivity index is 2.05. The van der Waals surface area contributed by atoms with Crippen LogP contribution in [0.5, 0.6) is 0 Å². The van der Waals surface area contributed by atoms with Crippen LogP contribution < -0.4 is 10.6 Å². The summed E-state index contributed by atoms with van der Waals surface area (Å²) in [6, 6.07) is 13.3. The highest BCUT2D eigenvalue weighted by Crippen LogP contribution is 2.27. The van der Waals surface area contributed by atoms with E-state index in [1.165, 1.54) is 6.07 Å². The van der Waals surface area contributed by atoms with Gasteiger partial charge in [0.1, 0.15) is 11.4 Å². The standard InChI is InChI=1S/C22H27FN2O3/c1-21(2,3)28-20(27)24-14-15-9-8-10-16(13-15)25-19(26)22(4,5)17-11-6-7-12-18(17)23/h6-13H,14H2,1-5H3,(H,24,27)(H,25,26). The van der Waals surface area contributed by atoms with Crippen LogP contribution in [0.3, 0.4) is 0 Å². The molecule has 0 bridgehead atoms. The molecule has 2 rings (SSSR count). The molecule has 28 heavy (non-hydrogen) atoms. The van der Waals surface area contributed by atoms with E-state index in [-0.39, 0.29) is 12.5 Å². The zero-order chi connectivity index (χ0) is 20.9. The second kappa shape index (κ2) is 8.42. The predicted octanol–water partition coefficient (Wildman–Crippen LogP) is 4.77. The zero-order valence-corrected chi connectivity index (χ0v) is 16.9. The topological polar surface area (TPSA) is 67.4 Å². The first-order valence-electron chi connectivity index (χ1n) is 9.11. The van der Waals surface area contributed by atoms with Gasteiger partial charge in [0.25, 0.3) is 0 Å². The smallest absolute Gasteiger partial charge is 0.407 e. The molecule has 0 saturated carbocycles. The van der Waals surface area contributed by atoms with Gasteiger partial charge in [0, 0.05) is 17.8 Å². The molecule has 0 fully saturated rings. The van der Waals surface area contributed by atoms with E-state index in [2.05, 4.69) is 10.6 Å². The van der Waals surface area contributed by atoms with Crippen molar-refractivity contribution in [2.24, 2.45) is 0 Å². The Morgan fingerprint density at radius 1 is 1.00 bits per heavy atom. The van der Waals surface area contributed by atoms with E-state index in [0.29, 0.717) is 11.3 Å². The maximum Gasteiger partial charge on any atom is 0.407 e. The van der Waals surface area contributed by atoms with Crippen LogP contribution in [0, 0.1) is 5.82 Å². The summed E-state index contributed by atoms with van der Waals surface area (Å²) in [7, 11) is 0. The molecule has 0 radical (unpaired) electrons. The molecule has 2 N–H and O–H groups in total. The summed E-state index contributed by atoms with van der Waals surface area (Å²) >= 11 is 0. The van der Waals surface area contributed by atoms with Crippen LogP contribution in [-0.2, 0) is 21.5 Å². The molecule has 2 aromatic carbocycles. The fraction of sp³-hybridized carbons (Fsp3) is 0.364. The maximum absolute atomic E-state index is 14.1. The van der Waals surface area contributed by atoms with Crippen molar-refractivity contribution in [3.8, 4) is 0 Å². The van der Waals surface area contributed by atoms with E-state index in [4.69, 9.17) is 4.74 Å². The van der Waals surface area contributed by atoms with Gasteiger partial charge in [-0.25, -0.2) is 9.18 Å². The Kier molecular flexibility index (Phi) is 6.44. The molecular formula is C22H27FN2O3. The predicted molar refractivity (Wildman–Crippen MR) is 108 cm³/mol. The number of hydrogen-bond donors (Lipinski definition) is 2. The molecule has 0 unspecified atom stereocenters. The van der Waals surface area contributed by atoms with Crippen LogP contribution in [0.4, 0.5) is 14.9 Å². The SMILES string of the molecule is CC(C)(C)OC(=O)NCc1cccc(NC(=O)C(C)(C)c2ccccc2F)c1. The van der Waals surface area contributed by atoms with Gasteiger partial charge < -0.3 is 15.4 Å². The lowest BCUT2D eigenvalue weighted by Crippen LogP contribution is -2.35. The number of halogens is 1. The lowest BCUT2D eigenvalue weighted by atomic mass is 9.83. The van der Waals surface area contributed by atoms with Gasteiger partial charge in [-0.1, -0.05) is 30.3 Å². The van der Waals surface area contributed by atoms with E-state index < -0.39 is 22.9 Å². The molecule has 2 aromatic rings. The van der Waals surface area contributed by atoms with E-state index in [9.17, 15) is 14.0 Å². The first-order chi connectivity index (χ1) is 13.0. The number of carbonyl (C=O) groups excluding carboxylic acids is 2. The van der Waals surface area contributed by atoms with Gasteiger partial charge in [-0.3, -0.25) is 4.79 Å². The number of ether oxygens (including phenoxy) is 1. The van der Waals surface area contributed by atoms with Crippen LogP contribution >= 0.6 is 0 Å². The molecule has 0 saturated heterocycles. The molecule has 2 amide bonds. The van der Waals surface area contributed by atoms with Crippen molar-refractivity contribution in [2.45, 2.75) is 52.2 Å². The summed E-state index contributed by atoms with van der Waals surface area (Å²) in [5, 5.41) is 5.50. The van der Waals surface area contributed by atoms with Crippen LogP contribution in [-0.4, -0.2) is 17.6 Å². The molecule has 0 spiro atoms. The van der Waals surface area contributed by atoms with Crippen molar-refractivity contribution in [1.29, 1.82) is 0 Å². The zero-order valence-electron chi connectivity index (χ0n) is 16.9. The first kappa shape index (κ1) is 21.4. The summed E-state index contributed by atoms with van der Waals surface area (Å²) < 4.78 is 19.3. The highest BCUT2D eigenvalue weighted by molar-refractivity contribution is 5.98. The van der Waals surface area contributed by atoms with Gasteiger partial charge in [0.15, 0.2) is 0 Å². The molecule has 0 heterocycles. The van der Waals surface area contributed by atoms with Gasteiger partial charge in [-0.2, -0.15) is 0 Å². The van der Waals surface area contributed by atoms with Crippen molar-refractivity contribution >= 4 is 17.7 Å². The average Bonchev–Trinajstić information content (AvgIpc) is 2.59. The van der Waals surface area contributed by atoms with Gasteiger partial charge in [0.05, 0.1) is 5.41 Å².